The highest BCUT2D eigenvalue weighted by Crippen LogP contribution is 2.34. The highest BCUT2D eigenvalue weighted by atomic mass is 35.5. The van der Waals surface area contributed by atoms with E-state index in [9.17, 15) is 0 Å². The van der Waals surface area contributed by atoms with Crippen molar-refractivity contribution in [2.24, 2.45) is 0 Å². The second kappa shape index (κ2) is 8.23. The van der Waals surface area contributed by atoms with Crippen LogP contribution < -0.4 is 14.8 Å². The van der Waals surface area contributed by atoms with Gasteiger partial charge in [-0.2, -0.15) is 0 Å². The lowest BCUT2D eigenvalue weighted by Crippen LogP contribution is -2.18. The first-order valence-electron chi connectivity index (χ1n) is 7.82. The van der Waals surface area contributed by atoms with Crippen molar-refractivity contribution in [1.29, 1.82) is 0 Å². The molecule has 4 heteroatoms. The van der Waals surface area contributed by atoms with E-state index < -0.39 is 0 Å². The summed E-state index contributed by atoms with van der Waals surface area (Å²) in [5.74, 6) is 1.37. The molecule has 0 bridgehead atoms. The second-order valence-corrected chi connectivity index (χ2v) is 6.18. The molecule has 0 saturated carbocycles. The average Bonchev–Trinajstić information content (AvgIpc) is 2.54. The van der Waals surface area contributed by atoms with Crippen LogP contribution in [-0.4, -0.2) is 13.2 Å². The van der Waals surface area contributed by atoms with E-state index in [0.717, 1.165) is 5.56 Å². The maximum atomic E-state index is 6.40. The van der Waals surface area contributed by atoms with Crippen molar-refractivity contribution >= 4 is 11.6 Å². The van der Waals surface area contributed by atoms with Gasteiger partial charge >= 0.3 is 0 Å². The van der Waals surface area contributed by atoms with Gasteiger partial charge in [0.25, 0.3) is 0 Å². The van der Waals surface area contributed by atoms with Gasteiger partial charge in [0.05, 0.1) is 13.2 Å². The van der Waals surface area contributed by atoms with Crippen molar-refractivity contribution in [2.45, 2.75) is 39.5 Å². The lowest BCUT2D eigenvalue weighted by atomic mass is 10.1. The Morgan fingerprint density at radius 3 is 2.35 bits per heavy atom. The van der Waals surface area contributed by atoms with Crippen LogP contribution in [0.1, 0.15) is 37.9 Å². The molecule has 3 nitrogen and oxygen atoms in total. The topological polar surface area (TPSA) is 30.5 Å². The van der Waals surface area contributed by atoms with Gasteiger partial charge in [0.2, 0.25) is 0 Å². The first kappa shape index (κ1) is 17.6. The van der Waals surface area contributed by atoms with Crippen LogP contribution in [0, 0.1) is 0 Å². The third-order valence-electron chi connectivity index (χ3n) is 3.59. The first-order chi connectivity index (χ1) is 11.0. The number of benzene rings is 2. The summed E-state index contributed by atoms with van der Waals surface area (Å²) in [7, 11) is 1.64. The van der Waals surface area contributed by atoms with Gasteiger partial charge in [0, 0.05) is 23.7 Å². The van der Waals surface area contributed by atoms with E-state index in [2.05, 4.69) is 24.4 Å². The molecule has 0 aliphatic rings. The number of nitrogens with one attached hydrogen (secondary N) is 1. The van der Waals surface area contributed by atoms with Crippen LogP contribution in [0.15, 0.2) is 42.5 Å². The summed E-state index contributed by atoms with van der Waals surface area (Å²) >= 11 is 6.40. The summed E-state index contributed by atoms with van der Waals surface area (Å²) in [5.41, 5.74) is 2.23. The predicted octanol–water partition coefficient (Wildman–Crippen LogP) is 4.99. The monoisotopic (exact) mass is 333 g/mol. The van der Waals surface area contributed by atoms with Crippen molar-refractivity contribution in [3.63, 3.8) is 0 Å². The molecule has 1 N–H and O–H groups in total. The number of hydrogen-bond donors (Lipinski definition) is 1. The maximum absolute atomic E-state index is 6.40. The van der Waals surface area contributed by atoms with E-state index >= 15 is 0 Å². The molecular weight excluding hydrogens is 310 g/mol. The van der Waals surface area contributed by atoms with Crippen LogP contribution in [0.2, 0.25) is 5.02 Å². The Balaban J connectivity index is 2.11. The molecule has 0 fully saturated rings. The minimum atomic E-state index is 0.0713. The summed E-state index contributed by atoms with van der Waals surface area (Å²) < 4.78 is 11.2. The van der Waals surface area contributed by atoms with Gasteiger partial charge < -0.3 is 14.8 Å². The van der Waals surface area contributed by atoms with Crippen LogP contribution in [0.25, 0.3) is 0 Å². The molecule has 0 aromatic heterocycles. The molecule has 1 atom stereocenters. The van der Waals surface area contributed by atoms with Gasteiger partial charge in [-0.1, -0.05) is 41.9 Å². The lowest BCUT2D eigenvalue weighted by molar-refractivity contribution is 0.230. The van der Waals surface area contributed by atoms with Gasteiger partial charge in [-0.05, 0) is 38.0 Å². The number of halogens is 1. The Bertz CT molecular complexity index is 629. The fraction of sp³-hybridized carbons (Fsp3) is 0.368. The van der Waals surface area contributed by atoms with Crippen LogP contribution in [0.4, 0.5) is 0 Å². The van der Waals surface area contributed by atoms with E-state index in [0.29, 0.717) is 23.1 Å². The Morgan fingerprint density at radius 2 is 1.74 bits per heavy atom. The maximum Gasteiger partial charge on any atom is 0.163 e. The molecule has 2 aromatic rings. The predicted molar refractivity (Wildman–Crippen MR) is 95.5 cm³/mol. The average molecular weight is 334 g/mol. The summed E-state index contributed by atoms with van der Waals surface area (Å²) in [6, 6.07) is 14.3. The van der Waals surface area contributed by atoms with Crippen molar-refractivity contribution in [2.75, 3.05) is 7.11 Å². The van der Waals surface area contributed by atoms with Crippen LogP contribution >= 0.6 is 11.6 Å². The zero-order chi connectivity index (χ0) is 16.8. The zero-order valence-electron chi connectivity index (χ0n) is 14.1. The van der Waals surface area contributed by atoms with Crippen LogP contribution in [0.5, 0.6) is 11.5 Å². The van der Waals surface area contributed by atoms with E-state index in [4.69, 9.17) is 21.1 Å². The SMILES string of the molecule is COc1cc(CNC(C)c2ccccc2)c(Cl)cc1OC(C)C. The van der Waals surface area contributed by atoms with Crippen molar-refractivity contribution < 1.29 is 9.47 Å². The molecule has 0 saturated heterocycles. The van der Waals surface area contributed by atoms with Gasteiger partial charge in [0.15, 0.2) is 11.5 Å². The van der Waals surface area contributed by atoms with Crippen molar-refractivity contribution in [1.82, 2.24) is 5.32 Å². The standard InChI is InChI=1S/C19H24ClNO2/c1-13(2)23-19-11-17(20)16(10-18(19)22-4)12-21-14(3)15-8-6-5-7-9-15/h5-11,13-14,21H,12H2,1-4H3. The number of hydrogen-bond acceptors (Lipinski definition) is 3. The zero-order valence-corrected chi connectivity index (χ0v) is 14.9. The van der Waals surface area contributed by atoms with E-state index in [-0.39, 0.29) is 12.1 Å². The molecule has 23 heavy (non-hydrogen) atoms. The molecule has 0 heterocycles. The summed E-state index contributed by atoms with van der Waals surface area (Å²) in [4.78, 5) is 0. The Morgan fingerprint density at radius 1 is 1.04 bits per heavy atom. The second-order valence-electron chi connectivity index (χ2n) is 5.77. The van der Waals surface area contributed by atoms with Gasteiger partial charge in [-0.3, -0.25) is 0 Å². The largest absolute Gasteiger partial charge is 0.493 e. The smallest absolute Gasteiger partial charge is 0.163 e. The molecule has 0 aliphatic heterocycles. The lowest BCUT2D eigenvalue weighted by Gasteiger charge is -2.18. The number of rotatable bonds is 7. The van der Waals surface area contributed by atoms with E-state index in [1.165, 1.54) is 5.56 Å². The minimum Gasteiger partial charge on any atom is -0.493 e. The van der Waals surface area contributed by atoms with Gasteiger partial charge in [-0.25, -0.2) is 0 Å². The fourth-order valence-electron chi connectivity index (χ4n) is 2.34. The van der Waals surface area contributed by atoms with Gasteiger partial charge in [-0.15, -0.1) is 0 Å². The molecule has 0 aliphatic carbocycles. The van der Waals surface area contributed by atoms with Crippen LogP contribution in [0.3, 0.4) is 0 Å². The molecule has 2 aromatic carbocycles. The Labute approximate surface area is 143 Å². The molecule has 0 radical (unpaired) electrons. The quantitative estimate of drug-likeness (QED) is 0.774. The normalized spacial score (nSPS) is 12.3. The number of methoxy groups -OCH3 is 1. The molecule has 124 valence electrons. The van der Waals surface area contributed by atoms with E-state index in [1.54, 1.807) is 7.11 Å². The van der Waals surface area contributed by atoms with Crippen molar-refractivity contribution in [3.05, 3.63) is 58.6 Å². The minimum absolute atomic E-state index is 0.0713. The highest BCUT2D eigenvalue weighted by Gasteiger charge is 2.13. The number of ether oxygens (including phenoxy) is 2. The Kier molecular flexibility index (Phi) is 6.31. The molecule has 0 spiro atoms. The Hall–Kier alpha value is -1.71. The molecule has 2 rings (SSSR count). The molecular formula is C19H24ClNO2. The summed E-state index contributed by atoms with van der Waals surface area (Å²) in [6.07, 6.45) is 0.0713. The van der Waals surface area contributed by atoms with Gasteiger partial charge in [0.1, 0.15) is 0 Å². The third kappa shape index (κ3) is 4.88. The third-order valence-corrected chi connectivity index (χ3v) is 3.95. The van der Waals surface area contributed by atoms with Crippen molar-refractivity contribution in [3.8, 4) is 11.5 Å². The summed E-state index contributed by atoms with van der Waals surface area (Å²) in [6.45, 7) is 6.75. The summed E-state index contributed by atoms with van der Waals surface area (Å²) in [5, 5.41) is 4.16. The van der Waals surface area contributed by atoms with E-state index in [1.807, 2.05) is 44.2 Å². The first-order valence-corrected chi connectivity index (χ1v) is 8.20. The molecule has 1 unspecified atom stereocenters. The fourth-order valence-corrected chi connectivity index (χ4v) is 2.56. The van der Waals surface area contributed by atoms with Crippen LogP contribution in [-0.2, 0) is 6.54 Å². The highest BCUT2D eigenvalue weighted by molar-refractivity contribution is 6.31. The molecule has 0 amide bonds.